The van der Waals surface area contributed by atoms with E-state index < -0.39 is 0 Å². The first-order chi connectivity index (χ1) is 13.6. The number of carbonyl (C=O) groups excluding carboxylic acids is 2. The highest BCUT2D eigenvalue weighted by molar-refractivity contribution is 6.03. The molecular formula is C25H25NO2. The molecule has 0 aliphatic heterocycles. The molecule has 1 amide bonds. The molecule has 0 bridgehead atoms. The molecule has 0 saturated carbocycles. The van der Waals surface area contributed by atoms with Crippen molar-refractivity contribution in [3.05, 3.63) is 96.6 Å². The van der Waals surface area contributed by atoms with Crippen molar-refractivity contribution >= 4 is 23.1 Å². The topological polar surface area (TPSA) is 37.4 Å². The van der Waals surface area contributed by atoms with Crippen molar-refractivity contribution in [2.24, 2.45) is 5.92 Å². The lowest BCUT2D eigenvalue weighted by Gasteiger charge is -2.26. The van der Waals surface area contributed by atoms with Crippen LogP contribution in [0.2, 0.25) is 0 Å². The summed E-state index contributed by atoms with van der Waals surface area (Å²) < 4.78 is 0. The predicted molar refractivity (Wildman–Crippen MR) is 114 cm³/mol. The zero-order valence-corrected chi connectivity index (χ0v) is 16.1. The van der Waals surface area contributed by atoms with E-state index in [1.54, 1.807) is 4.90 Å². The fraction of sp³-hybridized carbons (Fsp3) is 0.200. The second kappa shape index (κ2) is 9.65. The van der Waals surface area contributed by atoms with Crippen LogP contribution < -0.4 is 4.90 Å². The Morgan fingerprint density at radius 1 is 0.750 bits per heavy atom. The van der Waals surface area contributed by atoms with Gasteiger partial charge in [-0.05, 0) is 36.2 Å². The van der Waals surface area contributed by atoms with E-state index in [2.05, 4.69) is 0 Å². The lowest BCUT2D eigenvalue weighted by molar-refractivity contribution is -0.126. The van der Waals surface area contributed by atoms with Crippen LogP contribution in [0.5, 0.6) is 0 Å². The van der Waals surface area contributed by atoms with Crippen molar-refractivity contribution in [3.63, 3.8) is 0 Å². The van der Waals surface area contributed by atoms with Gasteiger partial charge in [0.15, 0.2) is 0 Å². The van der Waals surface area contributed by atoms with E-state index in [0.29, 0.717) is 12.8 Å². The molecule has 3 nitrogen and oxygen atoms in total. The van der Waals surface area contributed by atoms with Gasteiger partial charge in [0.05, 0.1) is 0 Å². The first kappa shape index (κ1) is 19.6. The Balaban J connectivity index is 1.69. The van der Waals surface area contributed by atoms with Crippen LogP contribution in [0.15, 0.2) is 91.0 Å². The Morgan fingerprint density at radius 3 is 1.71 bits per heavy atom. The number of hydrogen-bond acceptors (Lipinski definition) is 2. The molecule has 3 heteroatoms. The quantitative estimate of drug-likeness (QED) is 0.518. The van der Waals surface area contributed by atoms with Crippen molar-refractivity contribution in [2.45, 2.75) is 26.2 Å². The van der Waals surface area contributed by atoms with Gasteiger partial charge in [0.2, 0.25) is 5.91 Å². The molecule has 0 heterocycles. The van der Waals surface area contributed by atoms with Gasteiger partial charge in [-0.3, -0.25) is 14.5 Å². The molecular weight excluding hydrogens is 346 g/mol. The highest BCUT2D eigenvalue weighted by Gasteiger charge is 2.25. The second-order valence-electron chi connectivity index (χ2n) is 6.97. The summed E-state index contributed by atoms with van der Waals surface area (Å²) in [5.74, 6) is -0.333. The third kappa shape index (κ3) is 5.17. The second-order valence-corrected chi connectivity index (χ2v) is 6.97. The Morgan fingerprint density at radius 2 is 1.21 bits per heavy atom. The van der Waals surface area contributed by atoms with Crippen molar-refractivity contribution in [1.29, 1.82) is 0 Å². The summed E-state index contributed by atoms with van der Waals surface area (Å²) >= 11 is 0. The number of rotatable bonds is 8. The van der Waals surface area contributed by atoms with Crippen LogP contribution >= 0.6 is 0 Å². The monoisotopic (exact) mass is 371 g/mol. The number of hydrogen-bond donors (Lipinski definition) is 0. The van der Waals surface area contributed by atoms with E-state index in [4.69, 9.17) is 0 Å². The fourth-order valence-corrected chi connectivity index (χ4v) is 3.24. The Bertz CT molecular complexity index is 852. The molecule has 0 radical (unpaired) electrons. The molecule has 0 spiro atoms. The van der Waals surface area contributed by atoms with E-state index in [0.717, 1.165) is 16.9 Å². The SMILES string of the molecule is C[C@H](CC(=O)CCc1ccccc1)C(=O)N(c1ccccc1)c1ccccc1. The molecule has 142 valence electrons. The van der Waals surface area contributed by atoms with Gasteiger partial charge in [-0.15, -0.1) is 0 Å². The first-order valence-electron chi connectivity index (χ1n) is 9.65. The number of ketones is 1. The minimum Gasteiger partial charge on any atom is -0.300 e. The minimum absolute atomic E-state index is 0.0644. The molecule has 0 fully saturated rings. The van der Waals surface area contributed by atoms with Crippen molar-refractivity contribution in [2.75, 3.05) is 4.90 Å². The Kier molecular flexibility index (Phi) is 6.74. The molecule has 1 atom stereocenters. The Hall–Kier alpha value is -3.20. The number of nitrogens with zero attached hydrogens (tertiary/aromatic N) is 1. The molecule has 3 aromatic rings. The molecule has 0 aliphatic rings. The smallest absolute Gasteiger partial charge is 0.234 e. The summed E-state index contributed by atoms with van der Waals surface area (Å²) in [4.78, 5) is 27.4. The number of carbonyl (C=O) groups is 2. The molecule has 0 aromatic heterocycles. The number of amides is 1. The molecule has 0 aliphatic carbocycles. The van der Waals surface area contributed by atoms with Crippen LogP contribution in [0.25, 0.3) is 0 Å². The van der Waals surface area contributed by atoms with E-state index in [-0.39, 0.29) is 24.0 Å². The van der Waals surface area contributed by atoms with E-state index in [1.165, 1.54) is 0 Å². The van der Waals surface area contributed by atoms with Gasteiger partial charge in [0.25, 0.3) is 0 Å². The van der Waals surface area contributed by atoms with Crippen molar-refractivity contribution < 1.29 is 9.59 Å². The van der Waals surface area contributed by atoms with Crippen molar-refractivity contribution in [3.8, 4) is 0 Å². The molecule has 3 aromatic carbocycles. The first-order valence-corrected chi connectivity index (χ1v) is 9.65. The standard InChI is InChI=1S/C25H25NO2/c1-20(19-24(27)18-17-21-11-5-2-6-12-21)25(28)26(22-13-7-3-8-14-22)23-15-9-4-10-16-23/h2-16,20H,17-19H2,1H3/t20-/m1/s1. The summed E-state index contributed by atoms with van der Waals surface area (Å²) in [7, 11) is 0. The molecule has 0 N–H and O–H groups in total. The minimum atomic E-state index is -0.385. The third-order valence-corrected chi connectivity index (χ3v) is 4.74. The number of benzene rings is 3. The maximum Gasteiger partial charge on any atom is 0.234 e. The van der Waals surface area contributed by atoms with Gasteiger partial charge < -0.3 is 0 Å². The molecule has 0 saturated heterocycles. The summed E-state index contributed by atoms with van der Waals surface area (Å²) in [6.45, 7) is 1.83. The summed E-state index contributed by atoms with van der Waals surface area (Å²) in [6, 6.07) is 29.1. The zero-order chi connectivity index (χ0) is 19.8. The maximum atomic E-state index is 13.2. The highest BCUT2D eigenvalue weighted by Crippen LogP contribution is 2.28. The summed E-state index contributed by atoms with van der Waals surface area (Å²) in [6.07, 6.45) is 1.42. The van der Waals surface area contributed by atoms with E-state index in [9.17, 15) is 9.59 Å². The van der Waals surface area contributed by atoms with Crippen LogP contribution in [0, 0.1) is 5.92 Å². The van der Waals surface area contributed by atoms with Crippen LogP contribution in [-0.4, -0.2) is 11.7 Å². The number of Topliss-reactive ketones (excluding diaryl/α,β-unsaturated/α-hetero) is 1. The van der Waals surface area contributed by atoms with Gasteiger partial charge in [-0.1, -0.05) is 73.7 Å². The Labute approximate surface area is 166 Å². The highest BCUT2D eigenvalue weighted by atomic mass is 16.2. The zero-order valence-electron chi connectivity index (χ0n) is 16.1. The maximum absolute atomic E-state index is 13.2. The van der Waals surface area contributed by atoms with Gasteiger partial charge in [0, 0.05) is 30.1 Å². The summed E-state index contributed by atoms with van der Waals surface area (Å²) in [5.41, 5.74) is 2.76. The lowest BCUT2D eigenvalue weighted by atomic mass is 9.98. The number of aryl methyl sites for hydroxylation is 1. The number of anilines is 2. The normalized spacial score (nSPS) is 11.6. The third-order valence-electron chi connectivity index (χ3n) is 4.74. The average molecular weight is 371 g/mol. The van der Waals surface area contributed by atoms with Crippen molar-refractivity contribution in [1.82, 2.24) is 0 Å². The van der Waals surface area contributed by atoms with Gasteiger partial charge in [-0.2, -0.15) is 0 Å². The van der Waals surface area contributed by atoms with Gasteiger partial charge >= 0.3 is 0 Å². The summed E-state index contributed by atoms with van der Waals surface area (Å²) in [5, 5.41) is 0. The fourth-order valence-electron chi connectivity index (χ4n) is 3.24. The lowest BCUT2D eigenvalue weighted by Crippen LogP contribution is -2.32. The van der Waals surface area contributed by atoms with Gasteiger partial charge in [-0.25, -0.2) is 0 Å². The largest absolute Gasteiger partial charge is 0.300 e. The molecule has 3 rings (SSSR count). The van der Waals surface area contributed by atoms with Crippen LogP contribution in [-0.2, 0) is 16.0 Å². The van der Waals surface area contributed by atoms with E-state index >= 15 is 0 Å². The van der Waals surface area contributed by atoms with Crippen LogP contribution in [0.1, 0.15) is 25.3 Å². The average Bonchev–Trinajstić information content (AvgIpc) is 2.74. The molecule has 0 unspecified atom stereocenters. The van der Waals surface area contributed by atoms with E-state index in [1.807, 2.05) is 97.9 Å². The number of para-hydroxylation sites is 2. The van der Waals surface area contributed by atoms with Crippen LogP contribution in [0.3, 0.4) is 0 Å². The van der Waals surface area contributed by atoms with Gasteiger partial charge in [0.1, 0.15) is 5.78 Å². The molecule has 28 heavy (non-hydrogen) atoms. The van der Waals surface area contributed by atoms with Crippen LogP contribution in [0.4, 0.5) is 11.4 Å². The predicted octanol–water partition coefficient (Wildman–Crippen LogP) is 5.58.